The van der Waals surface area contributed by atoms with E-state index in [0.29, 0.717) is 46.1 Å². The van der Waals surface area contributed by atoms with Gasteiger partial charge in [-0.15, -0.1) is 0 Å². The van der Waals surface area contributed by atoms with Gasteiger partial charge in [0.05, 0.1) is 28.4 Å². The van der Waals surface area contributed by atoms with Crippen LogP contribution in [0.3, 0.4) is 0 Å². The predicted octanol–water partition coefficient (Wildman–Crippen LogP) is 5.59. The molecule has 0 bridgehead atoms. The molecule has 0 fully saturated rings. The van der Waals surface area contributed by atoms with E-state index in [4.69, 9.17) is 23.7 Å². The molecule has 4 aromatic carbocycles. The third-order valence-electron chi connectivity index (χ3n) is 8.56. The second kappa shape index (κ2) is 16.6. The van der Waals surface area contributed by atoms with E-state index < -0.39 is 29.9 Å². The summed E-state index contributed by atoms with van der Waals surface area (Å²) in [7, 11) is 5.87. The number of nitrogens with one attached hydrogen (secondary N) is 2. The first kappa shape index (κ1) is 35.5. The van der Waals surface area contributed by atoms with Gasteiger partial charge < -0.3 is 34.3 Å². The van der Waals surface area contributed by atoms with Gasteiger partial charge in [0, 0.05) is 24.1 Å². The van der Waals surface area contributed by atoms with Crippen LogP contribution in [0.25, 0.3) is 6.08 Å². The lowest BCUT2D eigenvalue weighted by Crippen LogP contribution is -2.45. The number of esters is 1. The molecule has 4 unspecified atom stereocenters. The van der Waals surface area contributed by atoms with E-state index >= 15 is 0 Å². The molecule has 0 saturated carbocycles. The van der Waals surface area contributed by atoms with Gasteiger partial charge in [0.25, 0.3) is 0 Å². The van der Waals surface area contributed by atoms with Crippen LogP contribution in [0, 0.1) is 0 Å². The number of carbonyl (C=O) groups excluding carboxylic acids is 3. The highest BCUT2D eigenvalue weighted by Gasteiger charge is 2.45. The smallest absolute Gasteiger partial charge is 0.328 e. The maximum absolute atomic E-state index is 14.5. The number of amides is 2. The third kappa shape index (κ3) is 8.26. The van der Waals surface area contributed by atoms with Gasteiger partial charge in [-0.05, 0) is 59.9 Å². The fourth-order valence-corrected chi connectivity index (χ4v) is 6.17. The van der Waals surface area contributed by atoms with Crippen molar-refractivity contribution in [3.63, 3.8) is 0 Å². The molecule has 260 valence electrons. The molecule has 50 heavy (non-hydrogen) atoms. The van der Waals surface area contributed by atoms with Gasteiger partial charge in [0.15, 0.2) is 23.0 Å². The SMILES string of the molecule is COC(=O)C(Cc1ccccc1)NC(=O)C1c2c(C=CC(=O)NC(C)Cc3ccccc3)ccc(OC)c2OC1c1ccc(OC)c(OC)c1. The van der Waals surface area contributed by atoms with Crippen molar-refractivity contribution in [3.8, 4) is 23.0 Å². The van der Waals surface area contributed by atoms with Gasteiger partial charge in [0.1, 0.15) is 18.1 Å². The molecular weight excluding hydrogens is 636 g/mol. The predicted molar refractivity (Wildman–Crippen MR) is 190 cm³/mol. The first-order valence-electron chi connectivity index (χ1n) is 16.3. The summed E-state index contributed by atoms with van der Waals surface area (Å²) in [5.41, 5.74) is 3.67. The van der Waals surface area contributed by atoms with E-state index in [1.54, 1.807) is 36.4 Å². The van der Waals surface area contributed by atoms with Crippen molar-refractivity contribution in [3.05, 3.63) is 125 Å². The molecule has 0 saturated heterocycles. The highest BCUT2D eigenvalue weighted by atomic mass is 16.5. The van der Waals surface area contributed by atoms with Crippen LogP contribution in [0.1, 0.15) is 46.8 Å². The van der Waals surface area contributed by atoms with Crippen LogP contribution < -0.4 is 29.6 Å². The molecule has 1 aliphatic heterocycles. The summed E-state index contributed by atoms with van der Waals surface area (Å²) in [6.07, 6.45) is 3.13. The first-order valence-corrected chi connectivity index (χ1v) is 16.3. The minimum Gasteiger partial charge on any atom is -0.493 e. The van der Waals surface area contributed by atoms with Crippen molar-refractivity contribution in [1.29, 1.82) is 0 Å². The van der Waals surface area contributed by atoms with Crippen LogP contribution in [-0.2, 0) is 32.0 Å². The molecule has 2 N–H and O–H groups in total. The minimum atomic E-state index is -0.980. The third-order valence-corrected chi connectivity index (χ3v) is 8.56. The van der Waals surface area contributed by atoms with Gasteiger partial charge in [-0.25, -0.2) is 4.79 Å². The standard InChI is InChI=1S/C40H42N2O8/c1-25(22-26-12-8-6-9-13-26)41-34(43)21-18-28-16-20-32(47-3)38-35(28)36(37(50-38)29-17-19-31(46-2)33(24-29)48-4)39(44)42-30(40(45)49-5)23-27-14-10-7-11-15-27/h6-21,24-25,30,36-37H,22-23H2,1-5H3,(H,41,43)(H,42,44). The number of hydrogen-bond acceptors (Lipinski definition) is 8. The fourth-order valence-electron chi connectivity index (χ4n) is 6.17. The number of methoxy groups -OCH3 is 4. The molecular formula is C40H42N2O8. The average Bonchev–Trinajstić information content (AvgIpc) is 3.55. The molecule has 4 aromatic rings. The number of ether oxygens (including phenoxy) is 5. The Balaban J connectivity index is 1.52. The molecule has 10 nitrogen and oxygen atoms in total. The van der Waals surface area contributed by atoms with Gasteiger partial charge in [-0.2, -0.15) is 0 Å². The summed E-state index contributed by atoms with van der Waals surface area (Å²) >= 11 is 0. The Bertz CT molecular complexity index is 1830. The summed E-state index contributed by atoms with van der Waals surface area (Å²) in [5.74, 6) is -0.597. The minimum absolute atomic E-state index is 0.118. The van der Waals surface area contributed by atoms with Gasteiger partial charge >= 0.3 is 5.97 Å². The number of benzene rings is 4. The van der Waals surface area contributed by atoms with Crippen molar-refractivity contribution in [1.82, 2.24) is 10.6 Å². The van der Waals surface area contributed by atoms with Crippen LogP contribution in [0.15, 0.2) is 97.1 Å². The summed E-state index contributed by atoms with van der Waals surface area (Å²) < 4.78 is 28.3. The summed E-state index contributed by atoms with van der Waals surface area (Å²) in [6.45, 7) is 1.94. The molecule has 2 amide bonds. The van der Waals surface area contributed by atoms with Crippen LogP contribution in [0.4, 0.5) is 0 Å². The molecule has 4 atom stereocenters. The summed E-state index contributed by atoms with van der Waals surface area (Å²) in [6, 6.07) is 27.0. The molecule has 10 heteroatoms. The van der Waals surface area contributed by atoms with E-state index in [1.165, 1.54) is 34.5 Å². The lowest BCUT2D eigenvalue weighted by Gasteiger charge is -2.23. The van der Waals surface area contributed by atoms with Crippen molar-refractivity contribution < 1.29 is 38.1 Å². The van der Waals surface area contributed by atoms with E-state index in [1.807, 2.05) is 67.6 Å². The van der Waals surface area contributed by atoms with Gasteiger partial charge in [-0.3, -0.25) is 9.59 Å². The Morgan fingerprint density at radius 3 is 2.00 bits per heavy atom. The molecule has 0 aromatic heterocycles. The van der Waals surface area contributed by atoms with E-state index in [9.17, 15) is 14.4 Å². The van der Waals surface area contributed by atoms with Gasteiger partial charge in [0.2, 0.25) is 11.8 Å². The zero-order valence-electron chi connectivity index (χ0n) is 28.8. The number of rotatable bonds is 14. The van der Waals surface area contributed by atoms with E-state index in [0.717, 1.165) is 11.1 Å². The van der Waals surface area contributed by atoms with Gasteiger partial charge in [-0.1, -0.05) is 72.8 Å². The summed E-state index contributed by atoms with van der Waals surface area (Å²) in [5, 5.41) is 5.95. The average molecular weight is 679 g/mol. The number of carbonyl (C=O) groups is 3. The second-order valence-electron chi connectivity index (χ2n) is 11.9. The lowest BCUT2D eigenvalue weighted by molar-refractivity contribution is -0.145. The molecule has 5 rings (SSSR count). The maximum Gasteiger partial charge on any atom is 0.328 e. The quantitative estimate of drug-likeness (QED) is 0.131. The maximum atomic E-state index is 14.5. The lowest BCUT2D eigenvalue weighted by atomic mass is 9.86. The largest absolute Gasteiger partial charge is 0.493 e. The van der Waals surface area contributed by atoms with Crippen LogP contribution in [0.2, 0.25) is 0 Å². The second-order valence-corrected chi connectivity index (χ2v) is 11.9. The Labute approximate surface area is 292 Å². The summed E-state index contributed by atoms with van der Waals surface area (Å²) in [4.78, 5) is 40.6. The van der Waals surface area contributed by atoms with Crippen molar-refractivity contribution in [2.45, 2.75) is 43.9 Å². The molecule has 0 radical (unpaired) electrons. The molecule has 1 aliphatic rings. The highest BCUT2D eigenvalue weighted by Crippen LogP contribution is 2.53. The first-order chi connectivity index (χ1) is 24.3. The molecule has 0 spiro atoms. The number of hydrogen-bond donors (Lipinski definition) is 2. The van der Waals surface area contributed by atoms with Crippen molar-refractivity contribution in [2.75, 3.05) is 28.4 Å². The Morgan fingerprint density at radius 1 is 0.760 bits per heavy atom. The topological polar surface area (TPSA) is 121 Å². The van der Waals surface area contributed by atoms with E-state index in [2.05, 4.69) is 10.6 Å². The molecule has 1 heterocycles. The Kier molecular flexibility index (Phi) is 11.8. The molecule has 0 aliphatic carbocycles. The van der Waals surface area contributed by atoms with Crippen molar-refractivity contribution >= 4 is 23.9 Å². The number of fused-ring (bicyclic) bond motifs is 1. The Morgan fingerprint density at radius 2 is 1.38 bits per heavy atom. The van der Waals surface area contributed by atoms with E-state index in [-0.39, 0.29) is 18.4 Å². The monoisotopic (exact) mass is 678 g/mol. The zero-order chi connectivity index (χ0) is 35.6. The normalized spacial score (nSPS) is 16.0. The Hall–Kier alpha value is -5.77. The van der Waals surface area contributed by atoms with Crippen LogP contribution >= 0.6 is 0 Å². The van der Waals surface area contributed by atoms with Crippen LogP contribution in [-0.4, -0.2) is 58.3 Å². The van der Waals surface area contributed by atoms with Crippen molar-refractivity contribution in [2.24, 2.45) is 0 Å². The zero-order valence-corrected chi connectivity index (χ0v) is 28.8. The van der Waals surface area contributed by atoms with Crippen LogP contribution in [0.5, 0.6) is 23.0 Å². The fraction of sp³-hybridized carbons (Fsp3) is 0.275. The highest BCUT2D eigenvalue weighted by molar-refractivity contribution is 5.95.